The highest BCUT2D eigenvalue weighted by atomic mass is 79.9. The Labute approximate surface area is 206 Å². The smallest absolute Gasteiger partial charge is 0.405 e. The Kier molecular flexibility index (Phi) is 8.51. The maximum Gasteiger partial charge on any atom is 0.405 e. The maximum atomic E-state index is 14.3. The molecule has 11 nitrogen and oxygen atoms in total. The zero-order valence-corrected chi connectivity index (χ0v) is 19.7. The van der Waals surface area contributed by atoms with Crippen LogP contribution in [-0.2, 0) is 9.59 Å². The number of nitrogens with one attached hydrogen (secondary N) is 4. The molecule has 0 atom stereocenters. The minimum absolute atomic E-state index is 0.0154. The van der Waals surface area contributed by atoms with Gasteiger partial charge >= 0.3 is 6.09 Å². The van der Waals surface area contributed by atoms with E-state index in [-0.39, 0.29) is 30.3 Å². The van der Waals surface area contributed by atoms with E-state index in [0.29, 0.717) is 21.2 Å². The van der Waals surface area contributed by atoms with Crippen molar-refractivity contribution in [2.45, 2.75) is 0 Å². The average molecular weight is 547 g/mol. The summed E-state index contributed by atoms with van der Waals surface area (Å²) in [7, 11) is 0. The van der Waals surface area contributed by atoms with Crippen LogP contribution in [0, 0.1) is 5.82 Å². The first kappa shape index (κ1) is 25.4. The summed E-state index contributed by atoms with van der Waals surface area (Å²) in [5, 5.41) is 19.0. The van der Waals surface area contributed by atoms with Crippen molar-refractivity contribution in [1.82, 2.24) is 20.6 Å². The number of hydrogen-bond acceptors (Lipinski definition) is 7. The number of fused-ring (bicyclic) bond motifs is 1. The Morgan fingerprint density at radius 2 is 1.94 bits per heavy atom. The molecule has 0 saturated carbocycles. The molecule has 3 amide bonds. The molecular weight excluding hydrogens is 527 g/mol. The fourth-order valence-electron chi connectivity index (χ4n) is 2.87. The first-order valence-electron chi connectivity index (χ1n) is 10.1. The number of carbonyl (C=O) groups is 3. The highest BCUT2D eigenvalue weighted by Crippen LogP contribution is 2.34. The van der Waals surface area contributed by atoms with Crippen molar-refractivity contribution in [3.8, 4) is 5.75 Å². The second-order valence-electron chi connectivity index (χ2n) is 6.89. The zero-order chi connectivity index (χ0) is 25.4. The van der Waals surface area contributed by atoms with Gasteiger partial charge in [0.25, 0.3) is 0 Å². The minimum atomic E-state index is -1.31. The number of hydrogen-bond donors (Lipinski definition) is 5. The topological polar surface area (TPSA) is 155 Å². The third kappa shape index (κ3) is 7.11. The van der Waals surface area contributed by atoms with E-state index in [1.807, 2.05) is 5.32 Å². The largest absolute Gasteiger partial charge is 0.489 e. The van der Waals surface area contributed by atoms with Gasteiger partial charge in [-0.2, -0.15) is 0 Å². The van der Waals surface area contributed by atoms with Gasteiger partial charge in [0.1, 0.15) is 30.3 Å². The summed E-state index contributed by atoms with van der Waals surface area (Å²) in [5.41, 5.74) is 0.912. The molecule has 3 rings (SSSR count). The molecule has 0 radical (unpaired) electrons. The van der Waals surface area contributed by atoms with Crippen LogP contribution in [0.3, 0.4) is 0 Å². The quantitative estimate of drug-likeness (QED) is 0.192. The Balaban J connectivity index is 1.83. The van der Waals surface area contributed by atoms with Gasteiger partial charge in [0, 0.05) is 15.9 Å². The van der Waals surface area contributed by atoms with Crippen LogP contribution >= 0.6 is 15.9 Å². The number of rotatable bonds is 10. The summed E-state index contributed by atoms with van der Waals surface area (Å²) in [4.78, 5) is 42.4. The standard InChI is InChI=1S/C22H20BrFN6O5/c1-2-19(31)29-17-8-13-16(9-18(17)35-6-5-25-20(32)10-26-22(33)34)27-11-28-21(13)30-15-4-3-12(23)7-14(15)24/h2-4,7-9,11,26H,1,5-6,10H2,(H,25,32)(H,29,31)(H,33,34)(H,27,28,30). The molecule has 0 bridgehead atoms. The third-order valence-corrected chi connectivity index (χ3v) is 4.94. The van der Waals surface area contributed by atoms with Crippen LogP contribution < -0.4 is 26.0 Å². The van der Waals surface area contributed by atoms with Crippen LogP contribution in [0.15, 0.2) is 53.8 Å². The number of amides is 3. The SMILES string of the molecule is C=CC(=O)Nc1cc2c(Nc3ccc(Br)cc3F)ncnc2cc1OCCNC(=O)CNC(=O)O. The van der Waals surface area contributed by atoms with E-state index >= 15 is 0 Å². The van der Waals surface area contributed by atoms with E-state index in [4.69, 9.17) is 9.84 Å². The summed E-state index contributed by atoms with van der Waals surface area (Å²) >= 11 is 3.21. The molecule has 182 valence electrons. The number of carboxylic acid groups (broad SMARTS) is 1. The summed E-state index contributed by atoms with van der Waals surface area (Å²) in [5.74, 6) is -0.960. The number of benzene rings is 2. The molecule has 0 saturated heterocycles. The molecular formula is C22H20BrFN6O5. The number of anilines is 3. The maximum absolute atomic E-state index is 14.3. The molecule has 0 spiro atoms. The van der Waals surface area contributed by atoms with Gasteiger partial charge in [-0.3, -0.25) is 9.59 Å². The van der Waals surface area contributed by atoms with Crippen molar-refractivity contribution in [2.24, 2.45) is 0 Å². The van der Waals surface area contributed by atoms with E-state index in [9.17, 15) is 18.8 Å². The van der Waals surface area contributed by atoms with Crippen molar-refractivity contribution < 1.29 is 28.6 Å². The van der Waals surface area contributed by atoms with Gasteiger partial charge in [-0.05, 0) is 30.3 Å². The van der Waals surface area contributed by atoms with Crippen molar-refractivity contribution in [3.05, 3.63) is 59.6 Å². The van der Waals surface area contributed by atoms with Crippen LogP contribution in [0.1, 0.15) is 0 Å². The molecule has 13 heteroatoms. The van der Waals surface area contributed by atoms with E-state index < -0.39 is 30.3 Å². The van der Waals surface area contributed by atoms with Gasteiger partial charge in [0.2, 0.25) is 11.8 Å². The molecule has 1 heterocycles. The number of ether oxygens (including phenoxy) is 1. The van der Waals surface area contributed by atoms with E-state index in [2.05, 4.69) is 48.4 Å². The van der Waals surface area contributed by atoms with Gasteiger partial charge < -0.3 is 31.1 Å². The molecule has 1 aromatic heterocycles. The first-order valence-corrected chi connectivity index (χ1v) is 10.9. The summed E-state index contributed by atoms with van der Waals surface area (Å²) in [6.07, 6.45) is 1.07. The molecule has 3 aromatic rings. The van der Waals surface area contributed by atoms with Crippen LogP contribution in [0.4, 0.5) is 26.4 Å². The average Bonchev–Trinajstić information content (AvgIpc) is 2.82. The van der Waals surface area contributed by atoms with Crippen molar-refractivity contribution in [1.29, 1.82) is 0 Å². The number of halogens is 2. The zero-order valence-electron chi connectivity index (χ0n) is 18.1. The molecule has 0 aliphatic carbocycles. The Bertz CT molecular complexity index is 1290. The fraction of sp³-hybridized carbons (Fsp3) is 0.136. The molecule has 0 aliphatic rings. The lowest BCUT2D eigenvalue weighted by Gasteiger charge is -2.15. The Morgan fingerprint density at radius 1 is 1.14 bits per heavy atom. The van der Waals surface area contributed by atoms with Gasteiger partial charge in [-0.1, -0.05) is 22.5 Å². The van der Waals surface area contributed by atoms with Gasteiger partial charge in [-0.15, -0.1) is 0 Å². The second-order valence-corrected chi connectivity index (χ2v) is 7.80. The normalized spacial score (nSPS) is 10.3. The predicted octanol–water partition coefficient (Wildman–Crippen LogP) is 3.16. The predicted molar refractivity (Wildman–Crippen MR) is 130 cm³/mol. The molecule has 35 heavy (non-hydrogen) atoms. The fourth-order valence-corrected chi connectivity index (χ4v) is 3.21. The van der Waals surface area contributed by atoms with Crippen LogP contribution in [0.2, 0.25) is 0 Å². The van der Waals surface area contributed by atoms with E-state index in [1.54, 1.807) is 24.3 Å². The van der Waals surface area contributed by atoms with E-state index in [0.717, 1.165) is 6.08 Å². The highest BCUT2D eigenvalue weighted by Gasteiger charge is 2.14. The lowest BCUT2D eigenvalue weighted by Crippen LogP contribution is -2.37. The summed E-state index contributed by atoms with van der Waals surface area (Å²) in [6, 6.07) is 7.66. The van der Waals surface area contributed by atoms with Crippen molar-refractivity contribution in [3.63, 3.8) is 0 Å². The van der Waals surface area contributed by atoms with Crippen molar-refractivity contribution in [2.75, 3.05) is 30.3 Å². The van der Waals surface area contributed by atoms with Gasteiger partial charge in [0.15, 0.2) is 0 Å². The van der Waals surface area contributed by atoms with Gasteiger partial charge in [-0.25, -0.2) is 19.2 Å². The van der Waals surface area contributed by atoms with Crippen LogP contribution in [0.5, 0.6) is 5.75 Å². The molecule has 0 unspecified atom stereocenters. The van der Waals surface area contributed by atoms with Crippen molar-refractivity contribution >= 4 is 61.9 Å². The number of carbonyl (C=O) groups excluding carboxylic acids is 2. The van der Waals surface area contributed by atoms with E-state index in [1.165, 1.54) is 12.4 Å². The minimum Gasteiger partial charge on any atom is -0.489 e. The van der Waals surface area contributed by atoms with Crippen LogP contribution in [-0.4, -0.2) is 52.7 Å². The molecule has 0 fully saturated rings. The van der Waals surface area contributed by atoms with Crippen LogP contribution in [0.25, 0.3) is 10.9 Å². The van der Waals surface area contributed by atoms with Gasteiger partial charge in [0.05, 0.1) is 30.0 Å². The lowest BCUT2D eigenvalue weighted by molar-refractivity contribution is -0.120. The third-order valence-electron chi connectivity index (χ3n) is 4.45. The Morgan fingerprint density at radius 3 is 2.66 bits per heavy atom. The highest BCUT2D eigenvalue weighted by molar-refractivity contribution is 9.10. The summed E-state index contributed by atoms with van der Waals surface area (Å²) in [6.45, 7) is 3.13. The second kappa shape index (κ2) is 11.7. The number of aromatic nitrogens is 2. The lowest BCUT2D eigenvalue weighted by atomic mass is 10.1. The number of nitrogens with zero attached hydrogens (tertiary/aromatic N) is 2. The first-order chi connectivity index (χ1) is 16.8. The molecule has 0 aliphatic heterocycles. The summed E-state index contributed by atoms with van der Waals surface area (Å²) < 4.78 is 20.6. The molecule has 5 N–H and O–H groups in total. The monoisotopic (exact) mass is 546 g/mol. The Hall–Kier alpha value is -4.26. The molecule has 2 aromatic carbocycles.